The average Bonchev–Trinajstić information content (AvgIpc) is 2.56. The van der Waals surface area contributed by atoms with Crippen LogP contribution in [0.4, 0.5) is 5.69 Å². The van der Waals surface area contributed by atoms with Gasteiger partial charge in [0.2, 0.25) is 5.71 Å². The highest BCUT2D eigenvalue weighted by molar-refractivity contribution is 6.65. The molecule has 3 N–H and O–H groups in total. The summed E-state index contributed by atoms with van der Waals surface area (Å²) in [5.41, 5.74) is 1.37. The Kier molecular flexibility index (Phi) is 7.83. The molecule has 0 aliphatic carbocycles. The Morgan fingerprint density at radius 2 is 1.92 bits per heavy atom. The van der Waals surface area contributed by atoms with Gasteiger partial charge >= 0.3 is 17.8 Å². The number of esters is 1. The molecule has 134 valence electrons. The molecule has 0 fully saturated rings. The number of nitrogens with one attached hydrogen (secondary N) is 2. The Morgan fingerprint density at radius 3 is 2.52 bits per heavy atom. The molecular weight excluding hydrogens is 375 g/mol. The van der Waals surface area contributed by atoms with Crippen LogP contribution >= 0.6 is 23.2 Å². The summed E-state index contributed by atoms with van der Waals surface area (Å²) in [5, 5.41) is 17.8. The fraction of sp³-hybridized carbons (Fsp3) is 0.214. The largest absolute Gasteiger partial charge is 0.461 e. The molecule has 2 amide bonds. The number of hydrogen-bond acceptors (Lipinski definition) is 7. The molecule has 1 aromatic rings. The average molecular weight is 389 g/mol. The number of ether oxygens (including phenoxy) is 1. The third-order valence-electron chi connectivity index (χ3n) is 2.62. The summed E-state index contributed by atoms with van der Waals surface area (Å²) in [6.07, 6.45) is 0. The van der Waals surface area contributed by atoms with Crippen LogP contribution in [-0.4, -0.2) is 41.0 Å². The predicted octanol–water partition coefficient (Wildman–Crippen LogP) is 1.82. The van der Waals surface area contributed by atoms with Gasteiger partial charge in [0.15, 0.2) is 0 Å². The standard InChI is InChI=1S/C14H14Cl2N4O5/c1-3-25-14(23)11(20-24)7(2)18-19-13(22)12(21)17-10-6-8(15)4-5-9(10)16/h4-6,24H,3H2,1-2H3,(H,17,21)(H,19,22)/b18-7+,20-11+. The van der Waals surface area contributed by atoms with Gasteiger partial charge in [-0.25, -0.2) is 10.2 Å². The molecular formula is C14H14Cl2N4O5. The Hall–Kier alpha value is -2.65. The van der Waals surface area contributed by atoms with Gasteiger partial charge in [0.05, 0.1) is 23.0 Å². The summed E-state index contributed by atoms with van der Waals surface area (Å²) in [6, 6.07) is 4.32. The van der Waals surface area contributed by atoms with E-state index in [4.69, 9.17) is 28.4 Å². The van der Waals surface area contributed by atoms with Crippen LogP contribution in [0.2, 0.25) is 10.0 Å². The lowest BCUT2D eigenvalue weighted by atomic mass is 10.2. The maximum atomic E-state index is 11.8. The number of benzene rings is 1. The van der Waals surface area contributed by atoms with E-state index in [2.05, 4.69) is 20.3 Å². The minimum atomic E-state index is -1.14. The van der Waals surface area contributed by atoms with Gasteiger partial charge in [0.25, 0.3) is 0 Å². The normalized spacial score (nSPS) is 11.7. The van der Waals surface area contributed by atoms with Crippen molar-refractivity contribution in [3.05, 3.63) is 28.2 Å². The molecule has 0 atom stereocenters. The third kappa shape index (κ3) is 6.05. The second-order valence-corrected chi connectivity index (χ2v) is 5.23. The van der Waals surface area contributed by atoms with E-state index >= 15 is 0 Å². The first-order chi connectivity index (χ1) is 11.8. The van der Waals surface area contributed by atoms with E-state index in [1.807, 2.05) is 5.43 Å². The number of carbonyl (C=O) groups is 3. The molecule has 0 radical (unpaired) electrons. The zero-order valence-corrected chi connectivity index (χ0v) is 14.7. The van der Waals surface area contributed by atoms with Crippen LogP contribution in [0, 0.1) is 0 Å². The minimum Gasteiger partial charge on any atom is -0.461 e. The number of carbonyl (C=O) groups excluding carboxylic acids is 3. The summed E-state index contributed by atoms with van der Waals surface area (Å²) in [5.74, 6) is -3.15. The van der Waals surface area contributed by atoms with Crippen molar-refractivity contribution in [2.75, 3.05) is 11.9 Å². The molecule has 0 unspecified atom stereocenters. The summed E-state index contributed by atoms with van der Waals surface area (Å²) < 4.78 is 4.64. The van der Waals surface area contributed by atoms with Crippen LogP contribution in [0.25, 0.3) is 0 Å². The second-order valence-electron chi connectivity index (χ2n) is 4.39. The van der Waals surface area contributed by atoms with Gasteiger partial charge in [-0.3, -0.25) is 9.59 Å². The maximum absolute atomic E-state index is 11.8. The maximum Gasteiger partial charge on any atom is 0.362 e. The highest BCUT2D eigenvalue weighted by Crippen LogP contribution is 2.25. The quantitative estimate of drug-likeness (QED) is 0.233. The van der Waals surface area contributed by atoms with Crippen LogP contribution in [0.3, 0.4) is 0 Å². The third-order valence-corrected chi connectivity index (χ3v) is 3.18. The number of rotatable bonds is 5. The molecule has 0 aliphatic heterocycles. The number of amides is 2. The van der Waals surface area contributed by atoms with Crippen molar-refractivity contribution >= 4 is 58.1 Å². The van der Waals surface area contributed by atoms with Crippen LogP contribution in [0.15, 0.2) is 28.5 Å². The van der Waals surface area contributed by atoms with Gasteiger partial charge in [0.1, 0.15) is 0 Å². The van der Waals surface area contributed by atoms with Gasteiger partial charge < -0.3 is 15.3 Å². The lowest BCUT2D eigenvalue weighted by Gasteiger charge is -2.07. The highest BCUT2D eigenvalue weighted by Gasteiger charge is 2.19. The highest BCUT2D eigenvalue weighted by atomic mass is 35.5. The van der Waals surface area contributed by atoms with Crippen molar-refractivity contribution < 1.29 is 24.3 Å². The van der Waals surface area contributed by atoms with Crippen molar-refractivity contribution in [2.45, 2.75) is 13.8 Å². The van der Waals surface area contributed by atoms with E-state index in [1.54, 1.807) is 6.92 Å². The van der Waals surface area contributed by atoms with Crippen molar-refractivity contribution in [1.82, 2.24) is 5.43 Å². The van der Waals surface area contributed by atoms with E-state index in [-0.39, 0.29) is 23.0 Å². The molecule has 0 spiro atoms. The monoisotopic (exact) mass is 388 g/mol. The predicted molar refractivity (Wildman–Crippen MR) is 92.2 cm³/mol. The number of nitrogens with zero attached hydrogens (tertiary/aromatic N) is 2. The Labute approximate surface area is 152 Å². The first kappa shape index (κ1) is 20.4. The van der Waals surface area contributed by atoms with Crippen LogP contribution in [0.5, 0.6) is 0 Å². The lowest BCUT2D eigenvalue weighted by molar-refractivity contribution is -0.136. The van der Waals surface area contributed by atoms with E-state index in [0.29, 0.717) is 5.02 Å². The van der Waals surface area contributed by atoms with Gasteiger partial charge in [-0.1, -0.05) is 28.4 Å². The number of oxime groups is 1. The smallest absolute Gasteiger partial charge is 0.362 e. The van der Waals surface area contributed by atoms with E-state index in [0.717, 1.165) is 0 Å². The van der Waals surface area contributed by atoms with Crippen LogP contribution < -0.4 is 10.7 Å². The topological polar surface area (TPSA) is 129 Å². The molecule has 0 heterocycles. The van der Waals surface area contributed by atoms with Crippen LogP contribution in [0.1, 0.15) is 13.8 Å². The Bertz CT molecular complexity index is 749. The Balaban J connectivity index is 2.76. The van der Waals surface area contributed by atoms with Crippen LogP contribution in [-0.2, 0) is 19.1 Å². The first-order valence-corrected chi connectivity index (χ1v) is 7.56. The SMILES string of the molecule is CCOC(=O)C(=N/O)/C(C)=N/NC(=O)C(=O)Nc1cc(Cl)ccc1Cl. The summed E-state index contributed by atoms with van der Waals surface area (Å²) in [7, 11) is 0. The van der Waals surface area contributed by atoms with Gasteiger partial charge in [-0.05, 0) is 32.0 Å². The van der Waals surface area contributed by atoms with Crippen molar-refractivity contribution in [1.29, 1.82) is 0 Å². The zero-order chi connectivity index (χ0) is 19.0. The zero-order valence-electron chi connectivity index (χ0n) is 13.2. The molecule has 1 rings (SSSR count). The molecule has 9 nitrogen and oxygen atoms in total. The molecule has 1 aromatic carbocycles. The number of anilines is 1. The fourth-order valence-electron chi connectivity index (χ4n) is 1.47. The molecule has 25 heavy (non-hydrogen) atoms. The molecule has 11 heteroatoms. The fourth-order valence-corrected chi connectivity index (χ4v) is 1.81. The minimum absolute atomic E-state index is 0.0558. The van der Waals surface area contributed by atoms with Gasteiger partial charge in [-0.2, -0.15) is 5.10 Å². The van der Waals surface area contributed by atoms with E-state index in [1.165, 1.54) is 25.1 Å². The number of hydrogen-bond donors (Lipinski definition) is 3. The van der Waals surface area contributed by atoms with Gasteiger partial charge in [0, 0.05) is 5.02 Å². The molecule has 0 aromatic heterocycles. The molecule has 0 saturated heterocycles. The Morgan fingerprint density at radius 1 is 1.24 bits per heavy atom. The van der Waals surface area contributed by atoms with E-state index < -0.39 is 23.5 Å². The molecule has 0 bridgehead atoms. The summed E-state index contributed by atoms with van der Waals surface area (Å²) in [6.45, 7) is 2.89. The number of halogens is 2. The second kappa shape index (κ2) is 9.60. The number of hydrazone groups is 1. The summed E-state index contributed by atoms with van der Waals surface area (Å²) >= 11 is 11.6. The van der Waals surface area contributed by atoms with Gasteiger partial charge in [-0.15, -0.1) is 0 Å². The van der Waals surface area contributed by atoms with Crippen molar-refractivity contribution in [3.63, 3.8) is 0 Å². The lowest BCUT2D eigenvalue weighted by Crippen LogP contribution is -2.34. The van der Waals surface area contributed by atoms with Crippen molar-refractivity contribution in [2.24, 2.45) is 10.3 Å². The first-order valence-electron chi connectivity index (χ1n) is 6.80. The summed E-state index contributed by atoms with van der Waals surface area (Å²) in [4.78, 5) is 35.0. The van der Waals surface area contributed by atoms with E-state index in [9.17, 15) is 14.4 Å². The van der Waals surface area contributed by atoms with Crippen molar-refractivity contribution in [3.8, 4) is 0 Å². The molecule has 0 saturated carbocycles. The molecule has 0 aliphatic rings.